The number of aliphatic hydroxyl groups is 1. The van der Waals surface area contributed by atoms with Gasteiger partial charge in [0.15, 0.2) is 0 Å². The van der Waals surface area contributed by atoms with E-state index in [1.54, 1.807) is 45.0 Å². The Bertz CT molecular complexity index is 490. The first-order valence-electron chi connectivity index (χ1n) is 6.62. The summed E-state index contributed by atoms with van der Waals surface area (Å²) in [6.07, 6.45) is -0.652. The lowest BCUT2D eigenvalue weighted by Crippen LogP contribution is -2.36. The van der Waals surface area contributed by atoms with Crippen LogP contribution in [0.25, 0.3) is 0 Å². The average molecular weight is 295 g/mol. The minimum absolute atomic E-state index is 0.0667. The van der Waals surface area contributed by atoms with Gasteiger partial charge in [-0.05, 0) is 31.9 Å². The van der Waals surface area contributed by atoms with E-state index in [1.807, 2.05) is 0 Å². The van der Waals surface area contributed by atoms with Gasteiger partial charge in [-0.25, -0.2) is 4.79 Å². The molecule has 6 heteroatoms. The van der Waals surface area contributed by atoms with Crippen molar-refractivity contribution in [2.45, 2.75) is 38.9 Å². The number of carboxylic acid groups (broad SMARTS) is 1. The van der Waals surface area contributed by atoms with Gasteiger partial charge in [0.05, 0.1) is 12.5 Å². The van der Waals surface area contributed by atoms with Crippen LogP contribution in [0.1, 0.15) is 37.8 Å². The summed E-state index contributed by atoms with van der Waals surface area (Å²) in [5.74, 6) is -1.91. The molecule has 0 saturated carbocycles. The van der Waals surface area contributed by atoms with E-state index >= 15 is 0 Å². The molecular weight excluding hydrogens is 274 g/mol. The molecule has 0 heterocycles. The number of hydrogen-bond donors (Lipinski definition) is 3. The molecule has 0 radical (unpaired) electrons. The van der Waals surface area contributed by atoms with E-state index in [4.69, 9.17) is 9.84 Å². The highest BCUT2D eigenvalue weighted by molar-refractivity contribution is 5.77. The summed E-state index contributed by atoms with van der Waals surface area (Å²) in [7, 11) is 0. The monoisotopic (exact) mass is 295 g/mol. The molecule has 1 aromatic carbocycles. The van der Waals surface area contributed by atoms with Gasteiger partial charge in [-0.1, -0.05) is 24.3 Å². The van der Waals surface area contributed by atoms with E-state index in [9.17, 15) is 14.7 Å². The van der Waals surface area contributed by atoms with Gasteiger partial charge in [-0.3, -0.25) is 4.79 Å². The molecule has 0 saturated heterocycles. The lowest BCUT2D eigenvalue weighted by molar-refractivity contribution is -0.138. The van der Waals surface area contributed by atoms with Crippen molar-refractivity contribution in [2.24, 2.45) is 0 Å². The Hall–Kier alpha value is -2.08. The summed E-state index contributed by atoms with van der Waals surface area (Å²) in [6.45, 7) is 5.02. The van der Waals surface area contributed by atoms with Crippen LogP contribution in [0.15, 0.2) is 24.3 Å². The Morgan fingerprint density at radius 3 is 2.24 bits per heavy atom. The van der Waals surface area contributed by atoms with E-state index in [0.717, 1.165) is 0 Å². The fourth-order valence-electron chi connectivity index (χ4n) is 1.70. The first-order valence-corrected chi connectivity index (χ1v) is 6.62. The molecule has 21 heavy (non-hydrogen) atoms. The number of ether oxygens (including phenoxy) is 1. The van der Waals surface area contributed by atoms with Gasteiger partial charge in [0, 0.05) is 6.54 Å². The van der Waals surface area contributed by atoms with Gasteiger partial charge in [0.25, 0.3) is 0 Å². The number of amides is 1. The number of carboxylic acids is 1. The molecule has 6 nitrogen and oxygen atoms in total. The molecule has 3 N–H and O–H groups in total. The number of hydrogen-bond acceptors (Lipinski definition) is 4. The zero-order chi connectivity index (χ0) is 16.0. The molecule has 0 aliphatic heterocycles. The fourth-order valence-corrected chi connectivity index (χ4v) is 1.70. The Labute approximate surface area is 123 Å². The molecule has 0 fully saturated rings. The highest BCUT2D eigenvalue weighted by atomic mass is 16.6. The zero-order valence-corrected chi connectivity index (χ0v) is 12.4. The molecule has 0 unspecified atom stereocenters. The van der Waals surface area contributed by atoms with Crippen molar-refractivity contribution in [3.05, 3.63) is 35.4 Å². The van der Waals surface area contributed by atoms with Crippen molar-refractivity contribution in [1.29, 1.82) is 0 Å². The molecule has 1 rings (SSSR count). The number of benzene rings is 1. The number of alkyl carbamates (subject to hydrolysis) is 1. The van der Waals surface area contributed by atoms with E-state index in [0.29, 0.717) is 11.1 Å². The minimum atomic E-state index is -1.04. The molecular formula is C15H21NO5. The van der Waals surface area contributed by atoms with E-state index in [2.05, 4.69) is 5.32 Å². The van der Waals surface area contributed by atoms with Crippen LogP contribution < -0.4 is 5.32 Å². The van der Waals surface area contributed by atoms with Crippen molar-refractivity contribution < 1.29 is 24.5 Å². The predicted octanol–water partition coefficient (Wildman–Crippen LogP) is 1.87. The standard InChI is InChI=1S/C15H21NO5/c1-15(2,3)21-14(20)16-8-12(13(18)19)11-6-4-10(9-17)5-7-11/h4-7,12,17H,8-9H2,1-3H3,(H,16,20)(H,18,19)/t12-/m1/s1. The number of nitrogens with one attached hydrogen (secondary N) is 1. The summed E-state index contributed by atoms with van der Waals surface area (Å²) in [4.78, 5) is 22.9. The SMILES string of the molecule is CC(C)(C)OC(=O)NC[C@@H](C(=O)O)c1ccc(CO)cc1. The number of carbonyl (C=O) groups excluding carboxylic acids is 1. The van der Waals surface area contributed by atoms with Gasteiger partial charge in [-0.15, -0.1) is 0 Å². The molecule has 1 amide bonds. The third-order valence-electron chi connectivity index (χ3n) is 2.71. The first-order chi connectivity index (χ1) is 9.73. The number of rotatable bonds is 5. The van der Waals surface area contributed by atoms with Crippen LogP contribution in [0.3, 0.4) is 0 Å². The van der Waals surface area contributed by atoms with Crippen LogP contribution in [0.4, 0.5) is 4.79 Å². The predicted molar refractivity (Wildman–Crippen MR) is 77.0 cm³/mol. The molecule has 0 bridgehead atoms. The molecule has 1 aromatic rings. The zero-order valence-electron chi connectivity index (χ0n) is 12.4. The molecule has 0 aliphatic rings. The average Bonchev–Trinajstić information content (AvgIpc) is 2.37. The number of aliphatic hydroxyl groups excluding tert-OH is 1. The third-order valence-corrected chi connectivity index (χ3v) is 2.71. The number of aliphatic carboxylic acids is 1. The Kier molecular flexibility index (Phi) is 5.72. The molecule has 116 valence electrons. The highest BCUT2D eigenvalue weighted by Crippen LogP contribution is 2.17. The second-order valence-corrected chi connectivity index (χ2v) is 5.67. The second kappa shape index (κ2) is 7.08. The second-order valence-electron chi connectivity index (χ2n) is 5.67. The van der Waals surface area contributed by atoms with Crippen molar-refractivity contribution in [3.63, 3.8) is 0 Å². The van der Waals surface area contributed by atoms with E-state index < -0.39 is 23.6 Å². The van der Waals surface area contributed by atoms with Gasteiger partial charge in [0.1, 0.15) is 5.60 Å². The quantitative estimate of drug-likeness (QED) is 0.770. The van der Waals surface area contributed by atoms with Crippen molar-refractivity contribution >= 4 is 12.1 Å². The summed E-state index contributed by atoms with van der Waals surface area (Å²) < 4.78 is 5.06. The maximum absolute atomic E-state index is 11.6. The Morgan fingerprint density at radius 1 is 1.24 bits per heavy atom. The topological polar surface area (TPSA) is 95.9 Å². The minimum Gasteiger partial charge on any atom is -0.481 e. The van der Waals surface area contributed by atoms with Crippen LogP contribution in [0.5, 0.6) is 0 Å². The van der Waals surface area contributed by atoms with Crippen molar-refractivity contribution in [3.8, 4) is 0 Å². The Morgan fingerprint density at radius 2 is 1.81 bits per heavy atom. The highest BCUT2D eigenvalue weighted by Gasteiger charge is 2.22. The van der Waals surface area contributed by atoms with Crippen LogP contribution in [0, 0.1) is 0 Å². The lowest BCUT2D eigenvalue weighted by atomic mass is 9.98. The van der Waals surface area contributed by atoms with Crippen molar-refractivity contribution in [2.75, 3.05) is 6.54 Å². The lowest BCUT2D eigenvalue weighted by Gasteiger charge is -2.21. The van der Waals surface area contributed by atoms with Gasteiger partial charge < -0.3 is 20.3 Å². The largest absolute Gasteiger partial charge is 0.481 e. The number of carbonyl (C=O) groups is 2. The summed E-state index contributed by atoms with van der Waals surface area (Å²) in [5, 5.41) is 20.7. The molecule has 1 atom stereocenters. The van der Waals surface area contributed by atoms with Gasteiger partial charge in [-0.2, -0.15) is 0 Å². The van der Waals surface area contributed by atoms with Crippen LogP contribution >= 0.6 is 0 Å². The summed E-state index contributed by atoms with van der Waals surface area (Å²) >= 11 is 0. The van der Waals surface area contributed by atoms with Gasteiger partial charge >= 0.3 is 12.1 Å². The molecule has 0 spiro atoms. The van der Waals surface area contributed by atoms with Crippen molar-refractivity contribution in [1.82, 2.24) is 5.32 Å². The normalized spacial score (nSPS) is 12.6. The fraction of sp³-hybridized carbons (Fsp3) is 0.467. The van der Waals surface area contributed by atoms with Crippen LogP contribution in [-0.2, 0) is 16.1 Å². The smallest absolute Gasteiger partial charge is 0.407 e. The van der Waals surface area contributed by atoms with E-state index in [-0.39, 0.29) is 13.2 Å². The van der Waals surface area contributed by atoms with Gasteiger partial charge in [0.2, 0.25) is 0 Å². The molecule has 0 aromatic heterocycles. The van der Waals surface area contributed by atoms with Crippen LogP contribution in [-0.4, -0.2) is 34.4 Å². The first kappa shape index (κ1) is 17.0. The summed E-state index contributed by atoms with van der Waals surface area (Å²) in [6, 6.07) is 6.56. The maximum Gasteiger partial charge on any atom is 0.407 e. The summed E-state index contributed by atoms with van der Waals surface area (Å²) in [5.41, 5.74) is 0.615. The van der Waals surface area contributed by atoms with E-state index in [1.165, 1.54) is 0 Å². The third kappa shape index (κ3) is 5.83. The van der Waals surface area contributed by atoms with Crippen LogP contribution in [0.2, 0.25) is 0 Å². The Balaban J connectivity index is 2.70. The molecule has 0 aliphatic carbocycles. The maximum atomic E-state index is 11.6.